The normalized spacial score (nSPS) is 10.8. The number of amides is 1. The van der Waals surface area contributed by atoms with Crippen molar-refractivity contribution in [3.05, 3.63) is 34.6 Å². The van der Waals surface area contributed by atoms with Gasteiger partial charge in [0.25, 0.3) is 0 Å². The van der Waals surface area contributed by atoms with Crippen LogP contribution in [0.3, 0.4) is 0 Å². The second-order valence-corrected chi connectivity index (χ2v) is 3.07. The zero-order valence-electron chi connectivity index (χ0n) is 9.44. The van der Waals surface area contributed by atoms with Crippen molar-refractivity contribution >= 4 is 12.3 Å². The molecular weight excluding hydrogens is 275 g/mol. The Kier molecular flexibility index (Phi) is 4.79. The summed E-state index contributed by atoms with van der Waals surface area (Å²) < 4.78 is 68.8. The quantitative estimate of drug-likeness (QED) is 0.304. The minimum Gasteiger partial charge on any atom is -0.449 e. The summed E-state index contributed by atoms with van der Waals surface area (Å²) in [5.41, 5.74) is 0.406. The molecule has 1 N–H and O–H groups in total. The van der Waals surface area contributed by atoms with Crippen molar-refractivity contribution in [2.45, 2.75) is 6.92 Å². The number of hydrogen-bond acceptors (Lipinski definition) is 3. The van der Waals surface area contributed by atoms with Crippen LogP contribution in [-0.4, -0.2) is 18.9 Å². The summed E-state index contributed by atoms with van der Waals surface area (Å²) in [4.78, 5) is 10.7. The Bertz CT molecular complexity index is 504. The molecule has 104 valence electrons. The van der Waals surface area contributed by atoms with Crippen LogP contribution in [0.5, 0.6) is 0 Å². The van der Waals surface area contributed by atoms with E-state index in [9.17, 15) is 26.7 Å². The highest BCUT2D eigenvalue weighted by Gasteiger charge is 2.24. The second-order valence-electron chi connectivity index (χ2n) is 3.07. The van der Waals surface area contributed by atoms with E-state index in [2.05, 4.69) is 9.84 Å². The molecule has 0 aliphatic carbocycles. The molecule has 1 aromatic rings. The Hall–Kier alpha value is -2.19. The molecule has 1 aromatic carbocycles. The zero-order chi connectivity index (χ0) is 14.6. The van der Waals surface area contributed by atoms with Gasteiger partial charge in [0.2, 0.25) is 5.82 Å². The van der Waals surface area contributed by atoms with Crippen LogP contribution in [0.25, 0.3) is 0 Å². The molecule has 0 aliphatic heterocycles. The van der Waals surface area contributed by atoms with Crippen molar-refractivity contribution < 1.29 is 31.5 Å². The smallest absolute Gasteiger partial charge is 0.427 e. The number of nitrogens with one attached hydrogen (secondary N) is 1. The highest BCUT2D eigenvalue weighted by atomic mass is 19.2. The van der Waals surface area contributed by atoms with E-state index in [0.717, 1.165) is 0 Å². The highest BCUT2D eigenvalue weighted by Crippen LogP contribution is 2.21. The zero-order valence-corrected chi connectivity index (χ0v) is 9.44. The molecule has 0 heterocycles. The van der Waals surface area contributed by atoms with Crippen molar-refractivity contribution in [3.63, 3.8) is 0 Å². The molecule has 0 radical (unpaired) electrons. The van der Waals surface area contributed by atoms with Crippen LogP contribution >= 0.6 is 0 Å². The molecule has 0 saturated heterocycles. The average Bonchev–Trinajstić information content (AvgIpc) is 2.38. The predicted octanol–water partition coefficient (Wildman–Crippen LogP) is 2.46. The molecule has 0 aromatic heterocycles. The molecule has 0 atom stereocenters. The Morgan fingerprint density at radius 1 is 1.11 bits per heavy atom. The van der Waals surface area contributed by atoms with Gasteiger partial charge in [-0.05, 0) is 6.92 Å². The summed E-state index contributed by atoms with van der Waals surface area (Å²) >= 11 is 0. The maximum atomic E-state index is 13.1. The first kappa shape index (κ1) is 14.9. The van der Waals surface area contributed by atoms with Gasteiger partial charge >= 0.3 is 6.09 Å². The van der Waals surface area contributed by atoms with Gasteiger partial charge in [-0.3, -0.25) is 0 Å². The van der Waals surface area contributed by atoms with E-state index in [1.165, 1.54) is 6.92 Å². The van der Waals surface area contributed by atoms with Crippen LogP contribution in [0, 0.1) is 29.1 Å². The van der Waals surface area contributed by atoms with Gasteiger partial charge in [-0.1, -0.05) is 0 Å². The van der Waals surface area contributed by atoms with E-state index in [1.54, 1.807) is 5.43 Å². The van der Waals surface area contributed by atoms with Crippen molar-refractivity contribution in [3.8, 4) is 0 Å². The minimum atomic E-state index is -2.27. The lowest BCUT2D eigenvalue weighted by molar-refractivity contribution is 0.152. The van der Waals surface area contributed by atoms with Gasteiger partial charge in [-0.15, -0.1) is 0 Å². The van der Waals surface area contributed by atoms with Gasteiger partial charge < -0.3 is 4.74 Å². The Balaban J connectivity index is 3.02. The maximum Gasteiger partial charge on any atom is 0.427 e. The van der Waals surface area contributed by atoms with Crippen LogP contribution in [0.2, 0.25) is 0 Å². The van der Waals surface area contributed by atoms with E-state index in [1.807, 2.05) is 0 Å². The summed E-state index contributed by atoms with van der Waals surface area (Å²) in [6.45, 7) is 1.51. The Labute approximate surface area is 103 Å². The number of rotatable bonds is 3. The maximum absolute atomic E-state index is 13.1. The molecule has 0 bridgehead atoms. The third-order valence-electron chi connectivity index (χ3n) is 1.87. The summed E-state index contributed by atoms with van der Waals surface area (Å²) in [5, 5.41) is 3.01. The standard InChI is InChI=1S/C10H7F5N2O2/c1-2-19-10(18)17-16-3-4-5(11)7(13)9(15)8(14)6(4)12/h3H,2H2,1H3,(H,17,18)/b16-3-. The Morgan fingerprint density at radius 3 is 2.05 bits per heavy atom. The molecule has 1 rings (SSSR count). The fourth-order valence-electron chi connectivity index (χ4n) is 1.05. The summed E-state index contributed by atoms with van der Waals surface area (Å²) in [5.74, 6) is -10.6. The first-order valence-corrected chi connectivity index (χ1v) is 4.87. The monoisotopic (exact) mass is 282 g/mol. The molecule has 9 heteroatoms. The minimum absolute atomic E-state index is 0.0177. The number of benzene rings is 1. The topological polar surface area (TPSA) is 50.7 Å². The lowest BCUT2D eigenvalue weighted by Gasteiger charge is -2.04. The molecule has 19 heavy (non-hydrogen) atoms. The lowest BCUT2D eigenvalue weighted by Crippen LogP contribution is -2.19. The van der Waals surface area contributed by atoms with Gasteiger partial charge in [0, 0.05) is 0 Å². The van der Waals surface area contributed by atoms with E-state index in [4.69, 9.17) is 0 Å². The van der Waals surface area contributed by atoms with Crippen LogP contribution in [0.15, 0.2) is 5.10 Å². The van der Waals surface area contributed by atoms with Gasteiger partial charge in [0.1, 0.15) is 0 Å². The highest BCUT2D eigenvalue weighted by molar-refractivity contribution is 5.81. The SMILES string of the molecule is CCOC(=O)N/N=C\c1c(F)c(F)c(F)c(F)c1F. The molecule has 0 fully saturated rings. The van der Waals surface area contributed by atoms with E-state index in [0.29, 0.717) is 0 Å². The van der Waals surface area contributed by atoms with Crippen LogP contribution in [0.4, 0.5) is 26.7 Å². The van der Waals surface area contributed by atoms with E-state index >= 15 is 0 Å². The third-order valence-corrected chi connectivity index (χ3v) is 1.87. The van der Waals surface area contributed by atoms with Crippen LogP contribution < -0.4 is 5.43 Å². The number of halogens is 5. The number of hydrogen-bond donors (Lipinski definition) is 1. The fourth-order valence-corrected chi connectivity index (χ4v) is 1.05. The van der Waals surface area contributed by atoms with E-state index < -0.39 is 40.7 Å². The largest absolute Gasteiger partial charge is 0.449 e. The number of hydrazone groups is 1. The third kappa shape index (κ3) is 3.18. The average molecular weight is 282 g/mol. The van der Waals surface area contributed by atoms with Crippen molar-refractivity contribution in [2.24, 2.45) is 5.10 Å². The number of carbonyl (C=O) groups is 1. The van der Waals surface area contributed by atoms with Gasteiger partial charge in [0.05, 0.1) is 18.4 Å². The van der Waals surface area contributed by atoms with Crippen molar-refractivity contribution in [1.82, 2.24) is 5.43 Å². The molecule has 0 aliphatic rings. The summed E-state index contributed by atoms with van der Waals surface area (Å²) in [6, 6.07) is 0. The molecular formula is C10H7F5N2O2. The van der Waals surface area contributed by atoms with Crippen molar-refractivity contribution in [1.29, 1.82) is 0 Å². The molecule has 4 nitrogen and oxygen atoms in total. The lowest BCUT2D eigenvalue weighted by atomic mass is 10.2. The molecule has 0 spiro atoms. The van der Waals surface area contributed by atoms with Crippen molar-refractivity contribution in [2.75, 3.05) is 6.61 Å². The number of nitrogens with zero attached hydrogens (tertiary/aromatic N) is 1. The summed E-state index contributed by atoms with van der Waals surface area (Å²) in [7, 11) is 0. The number of carbonyl (C=O) groups excluding carboxylic acids is 1. The Morgan fingerprint density at radius 2 is 1.58 bits per heavy atom. The molecule has 0 saturated carbocycles. The van der Waals surface area contributed by atoms with Crippen LogP contribution in [-0.2, 0) is 4.74 Å². The second kappa shape index (κ2) is 6.12. The van der Waals surface area contributed by atoms with E-state index in [-0.39, 0.29) is 12.8 Å². The number of ether oxygens (including phenoxy) is 1. The molecule has 1 amide bonds. The first-order valence-electron chi connectivity index (χ1n) is 4.87. The predicted molar refractivity (Wildman–Crippen MR) is 54.0 cm³/mol. The fraction of sp³-hybridized carbons (Fsp3) is 0.200. The van der Waals surface area contributed by atoms with Gasteiger partial charge in [-0.25, -0.2) is 32.2 Å². The summed E-state index contributed by atoms with van der Waals surface area (Å²) in [6.07, 6.45) is -0.754. The molecule has 0 unspecified atom stereocenters. The van der Waals surface area contributed by atoms with Gasteiger partial charge in [-0.2, -0.15) is 5.10 Å². The van der Waals surface area contributed by atoms with Gasteiger partial charge in [0.15, 0.2) is 23.3 Å². The van der Waals surface area contributed by atoms with Crippen LogP contribution in [0.1, 0.15) is 12.5 Å². The first-order chi connectivity index (χ1) is 8.90.